The van der Waals surface area contributed by atoms with Crippen molar-refractivity contribution in [2.75, 3.05) is 6.67 Å². The summed E-state index contributed by atoms with van der Waals surface area (Å²) >= 11 is 0. The zero-order valence-corrected chi connectivity index (χ0v) is 5.81. The summed E-state index contributed by atoms with van der Waals surface area (Å²) in [5, 5.41) is 0. The van der Waals surface area contributed by atoms with Crippen LogP contribution in [0.5, 0.6) is 0 Å². The van der Waals surface area contributed by atoms with E-state index in [-0.39, 0.29) is 6.67 Å². The van der Waals surface area contributed by atoms with Gasteiger partial charge in [0.1, 0.15) is 0 Å². The van der Waals surface area contributed by atoms with E-state index in [0.29, 0.717) is 6.42 Å². The highest BCUT2D eigenvalue weighted by Crippen LogP contribution is 2.01. The van der Waals surface area contributed by atoms with Crippen LogP contribution in [0.3, 0.4) is 0 Å². The number of benzene rings is 1. The maximum atomic E-state index is 11.7. The first-order chi connectivity index (χ1) is 4.93. The predicted octanol–water partition coefficient (Wildman–Crippen LogP) is 2.39. The van der Waals surface area contributed by atoms with E-state index in [1.807, 2.05) is 24.3 Å². The first kappa shape index (κ1) is 7.26. The van der Waals surface area contributed by atoms with Crippen molar-refractivity contribution in [1.29, 1.82) is 0 Å². The van der Waals surface area contributed by atoms with Crippen LogP contribution in [0.25, 0.3) is 0 Å². The van der Waals surface area contributed by atoms with Gasteiger partial charge in [0.2, 0.25) is 0 Å². The molecule has 0 unspecified atom stereocenters. The van der Waals surface area contributed by atoms with E-state index in [9.17, 15) is 4.39 Å². The first-order valence-electron chi connectivity index (χ1n) is 3.44. The van der Waals surface area contributed by atoms with Crippen molar-refractivity contribution in [1.82, 2.24) is 0 Å². The second-order valence-corrected chi connectivity index (χ2v) is 2.20. The molecule has 0 atom stereocenters. The van der Waals surface area contributed by atoms with Crippen molar-refractivity contribution >= 4 is 0 Å². The topological polar surface area (TPSA) is 0 Å². The molecule has 1 heteroatoms. The molecule has 0 N–H and O–H groups in total. The van der Waals surface area contributed by atoms with Crippen LogP contribution in [0.15, 0.2) is 24.3 Å². The number of halogens is 1. The van der Waals surface area contributed by atoms with Gasteiger partial charge in [-0.05, 0) is 24.5 Å². The molecule has 0 amide bonds. The lowest BCUT2D eigenvalue weighted by Crippen LogP contribution is -1.84. The maximum absolute atomic E-state index is 11.7. The Morgan fingerprint density at radius 2 is 2.00 bits per heavy atom. The predicted molar refractivity (Wildman–Crippen MR) is 39.6 cm³/mol. The van der Waals surface area contributed by atoms with E-state index in [1.54, 1.807) is 0 Å². The summed E-state index contributed by atoms with van der Waals surface area (Å²) in [6, 6.07) is 10.6. The third-order valence-electron chi connectivity index (χ3n) is 1.39. The van der Waals surface area contributed by atoms with Crippen LogP contribution in [0.4, 0.5) is 4.39 Å². The SMILES string of the molecule is FCCCc1cc[c]cc1. The molecule has 0 saturated carbocycles. The van der Waals surface area contributed by atoms with Crippen LogP contribution in [-0.4, -0.2) is 6.67 Å². The quantitative estimate of drug-likeness (QED) is 0.600. The molecule has 0 aromatic heterocycles. The van der Waals surface area contributed by atoms with Gasteiger partial charge in [0, 0.05) is 0 Å². The zero-order valence-electron chi connectivity index (χ0n) is 5.81. The largest absolute Gasteiger partial charge is 0.251 e. The van der Waals surface area contributed by atoms with Crippen LogP contribution in [0.2, 0.25) is 0 Å². The molecule has 0 saturated heterocycles. The van der Waals surface area contributed by atoms with E-state index in [1.165, 1.54) is 5.56 Å². The van der Waals surface area contributed by atoms with Gasteiger partial charge >= 0.3 is 0 Å². The summed E-state index contributed by atoms with van der Waals surface area (Å²) in [6.45, 7) is -0.224. The number of hydrogen-bond donors (Lipinski definition) is 0. The summed E-state index contributed by atoms with van der Waals surface area (Å²) in [6.07, 6.45) is 1.47. The Balaban J connectivity index is 2.43. The third-order valence-corrected chi connectivity index (χ3v) is 1.39. The van der Waals surface area contributed by atoms with Gasteiger partial charge in [0.15, 0.2) is 0 Å². The molecule has 0 aliphatic carbocycles. The monoisotopic (exact) mass is 137 g/mol. The summed E-state index contributed by atoms with van der Waals surface area (Å²) in [4.78, 5) is 0. The molecule has 0 nitrogen and oxygen atoms in total. The van der Waals surface area contributed by atoms with Crippen molar-refractivity contribution in [3.63, 3.8) is 0 Å². The molecule has 0 spiro atoms. The molecule has 1 radical (unpaired) electrons. The van der Waals surface area contributed by atoms with Crippen LogP contribution in [0.1, 0.15) is 12.0 Å². The Bertz CT molecular complexity index is 169. The Labute approximate surface area is 60.7 Å². The normalized spacial score (nSPS) is 9.70. The van der Waals surface area contributed by atoms with E-state index in [4.69, 9.17) is 0 Å². The van der Waals surface area contributed by atoms with Crippen LogP contribution < -0.4 is 0 Å². The molecule has 53 valence electrons. The molecule has 0 fully saturated rings. The van der Waals surface area contributed by atoms with Gasteiger partial charge in [-0.2, -0.15) is 0 Å². The van der Waals surface area contributed by atoms with E-state index in [2.05, 4.69) is 6.07 Å². The molecule has 0 heterocycles. The number of hydrogen-bond acceptors (Lipinski definition) is 0. The lowest BCUT2D eigenvalue weighted by atomic mass is 10.1. The standard InChI is InChI=1S/C9H10F/c10-8-4-7-9-5-2-1-3-6-9/h2-3,5-6H,4,7-8H2. The molecule has 10 heavy (non-hydrogen) atoms. The lowest BCUT2D eigenvalue weighted by Gasteiger charge is -1.95. The molecular weight excluding hydrogens is 127 g/mol. The van der Waals surface area contributed by atoms with Gasteiger partial charge in [-0.15, -0.1) is 0 Å². The second kappa shape index (κ2) is 4.04. The van der Waals surface area contributed by atoms with Crippen molar-refractivity contribution in [2.24, 2.45) is 0 Å². The fraction of sp³-hybridized carbons (Fsp3) is 0.333. The molecule has 0 aliphatic heterocycles. The number of alkyl halides is 1. The van der Waals surface area contributed by atoms with Gasteiger partial charge in [-0.3, -0.25) is 4.39 Å². The number of rotatable bonds is 3. The Hall–Kier alpha value is -0.850. The molecule has 1 rings (SSSR count). The maximum Gasteiger partial charge on any atom is 0.0897 e. The summed E-state index contributed by atoms with van der Waals surface area (Å²) < 4.78 is 11.7. The highest BCUT2D eigenvalue weighted by Gasteiger charge is 1.88. The van der Waals surface area contributed by atoms with Crippen molar-refractivity contribution in [3.05, 3.63) is 35.9 Å². The van der Waals surface area contributed by atoms with Gasteiger partial charge < -0.3 is 0 Å². The van der Waals surface area contributed by atoms with Crippen LogP contribution in [0, 0.1) is 6.07 Å². The minimum absolute atomic E-state index is 0.224. The highest BCUT2D eigenvalue weighted by atomic mass is 19.1. The summed E-state index contributed by atoms with van der Waals surface area (Å²) in [5.41, 5.74) is 1.19. The minimum Gasteiger partial charge on any atom is -0.251 e. The molecular formula is C9H10F. The average Bonchev–Trinajstić information content (AvgIpc) is 2.03. The van der Waals surface area contributed by atoms with Crippen LogP contribution in [-0.2, 0) is 6.42 Å². The van der Waals surface area contributed by atoms with Crippen molar-refractivity contribution in [3.8, 4) is 0 Å². The highest BCUT2D eigenvalue weighted by molar-refractivity contribution is 5.13. The number of aryl methyl sites for hydroxylation is 1. The van der Waals surface area contributed by atoms with Gasteiger partial charge in [-0.25, -0.2) is 0 Å². The van der Waals surface area contributed by atoms with Crippen LogP contribution >= 0.6 is 0 Å². The van der Waals surface area contributed by atoms with Gasteiger partial charge in [0.05, 0.1) is 6.67 Å². The van der Waals surface area contributed by atoms with Crippen molar-refractivity contribution in [2.45, 2.75) is 12.8 Å². The van der Waals surface area contributed by atoms with E-state index >= 15 is 0 Å². The summed E-state index contributed by atoms with van der Waals surface area (Å²) in [5.74, 6) is 0. The van der Waals surface area contributed by atoms with Gasteiger partial charge in [0.25, 0.3) is 0 Å². The second-order valence-electron chi connectivity index (χ2n) is 2.20. The zero-order chi connectivity index (χ0) is 7.23. The Morgan fingerprint density at radius 1 is 1.30 bits per heavy atom. The third kappa shape index (κ3) is 2.18. The molecule has 1 aromatic rings. The fourth-order valence-corrected chi connectivity index (χ4v) is 0.859. The smallest absolute Gasteiger partial charge is 0.0897 e. The van der Waals surface area contributed by atoms with Gasteiger partial charge in [-0.1, -0.05) is 24.3 Å². The molecule has 0 aliphatic rings. The Morgan fingerprint density at radius 3 is 2.60 bits per heavy atom. The molecule has 0 bridgehead atoms. The van der Waals surface area contributed by atoms with E-state index < -0.39 is 0 Å². The minimum atomic E-state index is -0.224. The molecule has 1 aromatic carbocycles. The first-order valence-corrected chi connectivity index (χ1v) is 3.44. The fourth-order valence-electron chi connectivity index (χ4n) is 0.859. The van der Waals surface area contributed by atoms with Crippen molar-refractivity contribution < 1.29 is 4.39 Å². The Kier molecular flexibility index (Phi) is 2.94. The lowest BCUT2D eigenvalue weighted by molar-refractivity contribution is 0.473. The van der Waals surface area contributed by atoms with E-state index in [0.717, 1.165) is 6.42 Å². The summed E-state index contributed by atoms with van der Waals surface area (Å²) in [7, 11) is 0. The average molecular weight is 137 g/mol.